The number of amides is 2. The van der Waals surface area contributed by atoms with Crippen molar-refractivity contribution in [2.45, 2.75) is 44.2 Å². The molecule has 0 bridgehead atoms. The first-order valence-electron chi connectivity index (χ1n) is 10.3. The van der Waals surface area contributed by atoms with E-state index in [9.17, 15) is 9.59 Å². The lowest BCUT2D eigenvalue weighted by Gasteiger charge is -2.29. The summed E-state index contributed by atoms with van der Waals surface area (Å²) in [5.74, 6) is 0.261. The van der Waals surface area contributed by atoms with Crippen molar-refractivity contribution in [1.82, 2.24) is 15.3 Å². The third-order valence-corrected chi connectivity index (χ3v) is 5.70. The van der Waals surface area contributed by atoms with Gasteiger partial charge in [0.05, 0.1) is 13.0 Å². The second-order valence-corrected chi connectivity index (χ2v) is 7.74. The van der Waals surface area contributed by atoms with Gasteiger partial charge >= 0.3 is 6.01 Å². The fourth-order valence-corrected chi connectivity index (χ4v) is 4.05. The Morgan fingerprint density at radius 1 is 1.13 bits per heavy atom. The van der Waals surface area contributed by atoms with Crippen molar-refractivity contribution in [2.75, 3.05) is 18.6 Å². The molecule has 8 heteroatoms. The van der Waals surface area contributed by atoms with Crippen LogP contribution in [0, 0.1) is 5.92 Å². The van der Waals surface area contributed by atoms with E-state index in [2.05, 4.69) is 15.3 Å². The summed E-state index contributed by atoms with van der Waals surface area (Å²) in [4.78, 5) is 35.1. The second kappa shape index (κ2) is 9.11. The maximum Gasteiger partial charge on any atom is 0.316 e. The van der Waals surface area contributed by atoms with Gasteiger partial charge in [0.15, 0.2) is 0 Å². The van der Waals surface area contributed by atoms with Gasteiger partial charge in [-0.2, -0.15) is 0 Å². The van der Waals surface area contributed by atoms with E-state index in [0.29, 0.717) is 18.3 Å². The summed E-state index contributed by atoms with van der Waals surface area (Å²) in [6, 6.07) is 9.60. The SMILES string of the molecule is COc1cccc(N2CC(C(=O)NC3CCC(Oc4ncccn4)CC3)CC2=O)c1. The Kier molecular flexibility index (Phi) is 6.11. The molecule has 2 fully saturated rings. The molecule has 1 unspecified atom stereocenters. The van der Waals surface area contributed by atoms with Crippen LogP contribution in [0.1, 0.15) is 32.1 Å². The van der Waals surface area contributed by atoms with Crippen molar-refractivity contribution in [3.8, 4) is 11.8 Å². The van der Waals surface area contributed by atoms with E-state index in [1.807, 2.05) is 24.3 Å². The molecule has 2 aromatic rings. The van der Waals surface area contributed by atoms with Crippen LogP contribution >= 0.6 is 0 Å². The van der Waals surface area contributed by atoms with Crippen molar-refractivity contribution in [3.05, 3.63) is 42.7 Å². The van der Waals surface area contributed by atoms with Crippen LogP contribution in [0.3, 0.4) is 0 Å². The zero-order valence-electron chi connectivity index (χ0n) is 17.0. The van der Waals surface area contributed by atoms with Crippen LogP contribution in [0.5, 0.6) is 11.8 Å². The molecule has 30 heavy (non-hydrogen) atoms. The van der Waals surface area contributed by atoms with Gasteiger partial charge in [-0.05, 0) is 43.9 Å². The fraction of sp³-hybridized carbons (Fsp3) is 0.455. The smallest absolute Gasteiger partial charge is 0.316 e. The number of ether oxygens (including phenoxy) is 2. The summed E-state index contributed by atoms with van der Waals surface area (Å²) in [7, 11) is 1.59. The fourth-order valence-electron chi connectivity index (χ4n) is 4.05. The van der Waals surface area contributed by atoms with Crippen LogP contribution in [0.25, 0.3) is 0 Å². The minimum atomic E-state index is -0.338. The van der Waals surface area contributed by atoms with Crippen molar-refractivity contribution >= 4 is 17.5 Å². The molecule has 2 aliphatic rings. The first-order valence-corrected chi connectivity index (χ1v) is 10.3. The first-order chi connectivity index (χ1) is 14.6. The van der Waals surface area contributed by atoms with Gasteiger partial charge in [-0.15, -0.1) is 0 Å². The third kappa shape index (κ3) is 4.69. The van der Waals surface area contributed by atoms with Crippen LogP contribution in [0.4, 0.5) is 5.69 Å². The molecule has 1 atom stereocenters. The average Bonchev–Trinajstić information content (AvgIpc) is 3.18. The number of nitrogens with one attached hydrogen (secondary N) is 1. The Morgan fingerprint density at radius 2 is 1.90 bits per heavy atom. The number of carbonyl (C=O) groups is 2. The van der Waals surface area contributed by atoms with Crippen molar-refractivity contribution in [3.63, 3.8) is 0 Å². The number of anilines is 1. The molecule has 2 amide bonds. The Labute approximate surface area is 175 Å². The van der Waals surface area contributed by atoms with E-state index >= 15 is 0 Å². The van der Waals surface area contributed by atoms with E-state index in [1.165, 1.54) is 0 Å². The maximum atomic E-state index is 12.8. The molecule has 1 aromatic carbocycles. The lowest BCUT2D eigenvalue weighted by molar-refractivity contribution is -0.127. The number of carbonyl (C=O) groups excluding carboxylic acids is 2. The monoisotopic (exact) mass is 410 g/mol. The number of rotatable bonds is 6. The molecule has 1 aliphatic heterocycles. The Morgan fingerprint density at radius 3 is 2.63 bits per heavy atom. The van der Waals surface area contributed by atoms with E-state index < -0.39 is 0 Å². The zero-order valence-corrected chi connectivity index (χ0v) is 17.0. The first kappa shape index (κ1) is 20.1. The molecular weight excluding hydrogens is 384 g/mol. The standard InChI is InChI=1S/C22H26N4O4/c1-29-19-5-2-4-17(13-19)26-14-15(12-20(26)27)21(28)25-16-6-8-18(9-7-16)30-22-23-10-3-11-24-22/h2-5,10-11,13,15-16,18H,6-9,12,14H2,1H3,(H,25,28). The second-order valence-electron chi connectivity index (χ2n) is 7.74. The zero-order chi connectivity index (χ0) is 20.9. The topological polar surface area (TPSA) is 93.7 Å². The molecule has 0 radical (unpaired) electrons. The molecule has 158 valence electrons. The summed E-state index contributed by atoms with van der Waals surface area (Å²) in [5, 5.41) is 3.13. The molecule has 1 aromatic heterocycles. The van der Waals surface area contributed by atoms with Crippen molar-refractivity contribution in [1.29, 1.82) is 0 Å². The average molecular weight is 410 g/mol. The number of aromatic nitrogens is 2. The number of hydrogen-bond donors (Lipinski definition) is 1. The van der Waals surface area contributed by atoms with Gasteiger partial charge < -0.3 is 19.7 Å². The van der Waals surface area contributed by atoms with E-state index in [0.717, 1.165) is 31.4 Å². The summed E-state index contributed by atoms with van der Waals surface area (Å²) in [5.41, 5.74) is 0.760. The van der Waals surface area contributed by atoms with Gasteiger partial charge in [-0.25, -0.2) is 9.97 Å². The van der Waals surface area contributed by atoms with Crippen molar-refractivity contribution in [2.24, 2.45) is 5.92 Å². The van der Waals surface area contributed by atoms with E-state index in [-0.39, 0.29) is 36.3 Å². The Bertz CT molecular complexity index is 884. The lowest BCUT2D eigenvalue weighted by atomic mass is 9.92. The molecule has 8 nitrogen and oxygen atoms in total. The predicted molar refractivity (Wildman–Crippen MR) is 110 cm³/mol. The van der Waals surface area contributed by atoms with Crippen molar-refractivity contribution < 1.29 is 19.1 Å². The van der Waals surface area contributed by atoms with Gasteiger partial charge in [-0.3, -0.25) is 9.59 Å². The van der Waals surface area contributed by atoms with Gasteiger partial charge in [-0.1, -0.05) is 6.07 Å². The quantitative estimate of drug-likeness (QED) is 0.786. The molecule has 1 aliphatic carbocycles. The van der Waals surface area contributed by atoms with Gasteiger partial charge in [0.1, 0.15) is 11.9 Å². The Balaban J connectivity index is 1.27. The molecule has 1 N–H and O–H groups in total. The highest BCUT2D eigenvalue weighted by molar-refractivity contribution is 6.00. The molecule has 4 rings (SSSR count). The van der Waals surface area contributed by atoms with Crippen LogP contribution < -0.4 is 19.7 Å². The number of benzene rings is 1. The highest BCUT2D eigenvalue weighted by Crippen LogP contribution is 2.29. The molecular formula is C22H26N4O4. The number of methoxy groups -OCH3 is 1. The van der Waals surface area contributed by atoms with Crippen LogP contribution in [0.2, 0.25) is 0 Å². The molecule has 1 saturated carbocycles. The normalized spacial score (nSPS) is 23.8. The molecule has 1 saturated heterocycles. The van der Waals surface area contributed by atoms with Crippen LogP contribution in [-0.4, -0.2) is 47.6 Å². The lowest BCUT2D eigenvalue weighted by Crippen LogP contribution is -2.43. The van der Waals surface area contributed by atoms with Crippen LogP contribution in [-0.2, 0) is 9.59 Å². The summed E-state index contributed by atoms with van der Waals surface area (Å²) >= 11 is 0. The third-order valence-electron chi connectivity index (χ3n) is 5.70. The van der Waals surface area contributed by atoms with Gasteiger partial charge in [0, 0.05) is 43.2 Å². The largest absolute Gasteiger partial charge is 0.497 e. The molecule has 2 heterocycles. The predicted octanol–water partition coefficient (Wildman–Crippen LogP) is 2.34. The van der Waals surface area contributed by atoms with E-state index in [1.54, 1.807) is 30.5 Å². The number of nitrogens with zero attached hydrogens (tertiary/aromatic N) is 3. The highest BCUT2D eigenvalue weighted by atomic mass is 16.5. The van der Waals surface area contributed by atoms with E-state index in [4.69, 9.17) is 9.47 Å². The van der Waals surface area contributed by atoms with Gasteiger partial charge in [0.2, 0.25) is 11.8 Å². The van der Waals surface area contributed by atoms with Gasteiger partial charge in [0.25, 0.3) is 0 Å². The van der Waals surface area contributed by atoms with Crippen LogP contribution in [0.15, 0.2) is 42.7 Å². The summed E-state index contributed by atoms with van der Waals surface area (Å²) in [6.45, 7) is 0.391. The Hall–Kier alpha value is -3.16. The minimum absolute atomic E-state index is 0.0385. The maximum absolute atomic E-state index is 12.8. The highest BCUT2D eigenvalue weighted by Gasteiger charge is 2.36. The number of hydrogen-bond acceptors (Lipinski definition) is 6. The minimum Gasteiger partial charge on any atom is -0.497 e. The molecule has 0 spiro atoms. The summed E-state index contributed by atoms with van der Waals surface area (Å²) in [6.07, 6.45) is 6.96. The summed E-state index contributed by atoms with van der Waals surface area (Å²) < 4.78 is 11.0.